The first-order chi connectivity index (χ1) is 9.33. The third-order valence-electron chi connectivity index (χ3n) is 3.84. The van der Waals surface area contributed by atoms with Gasteiger partial charge in [-0.1, -0.05) is 11.8 Å². The van der Waals surface area contributed by atoms with Crippen molar-refractivity contribution >= 4 is 11.8 Å². The van der Waals surface area contributed by atoms with Crippen LogP contribution in [0.3, 0.4) is 0 Å². The Morgan fingerprint density at radius 1 is 1.37 bits per heavy atom. The molecule has 19 heavy (non-hydrogen) atoms. The molecule has 2 aliphatic carbocycles. The topological polar surface area (TPSA) is 63.0 Å². The minimum Gasteiger partial charge on any atom is -0.396 e. The maximum Gasteiger partial charge on any atom is 0.191 e. The number of nitrogens with zero attached hydrogens (tertiary/aromatic N) is 3. The molecule has 1 aromatic rings. The van der Waals surface area contributed by atoms with Crippen LogP contribution in [0.15, 0.2) is 5.16 Å². The zero-order valence-corrected chi connectivity index (χ0v) is 12.2. The van der Waals surface area contributed by atoms with Crippen LogP contribution in [0, 0.1) is 0 Å². The van der Waals surface area contributed by atoms with Crippen molar-refractivity contribution in [3.05, 3.63) is 5.82 Å². The second kappa shape index (κ2) is 5.81. The largest absolute Gasteiger partial charge is 0.396 e. The summed E-state index contributed by atoms with van der Waals surface area (Å²) >= 11 is 1.77. The highest BCUT2D eigenvalue weighted by Crippen LogP contribution is 2.46. The van der Waals surface area contributed by atoms with Crippen molar-refractivity contribution < 1.29 is 5.11 Å². The highest BCUT2D eigenvalue weighted by Gasteiger charge is 2.36. The molecule has 1 atom stereocenters. The predicted molar refractivity (Wildman–Crippen MR) is 75.5 cm³/mol. The highest BCUT2D eigenvalue weighted by molar-refractivity contribution is 7.99. The van der Waals surface area contributed by atoms with Gasteiger partial charge < -0.3 is 15.0 Å². The van der Waals surface area contributed by atoms with E-state index in [0.29, 0.717) is 18.0 Å². The molecule has 2 fully saturated rings. The van der Waals surface area contributed by atoms with Crippen LogP contribution in [0.25, 0.3) is 0 Å². The minimum absolute atomic E-state index is 0.231. The van der Waals surface area contributed by atoms with E-state index in [9.17, 15) is 0 Å². The summed E-state index contributed by atoms with van der Waals surface area (Å²) in [7, 11) is 1.95. The van der Waals surface area contributed by atoms with Crippen molar-refractivity contribution in [2.24, 2.45) is 0 Å². The third-order valence-corrected chi connectivity index (χ3v) is 4.95. The molecule has 1 unspecified atom stereocenters. The maximum atomic E-state index is 9.02. The summed E-state index contributed by atoms with van der Waals surface area (Å²) in [6.45, 7) is 0.231. The molecule has 0 saturated heterocycles. The molecule has 2 N–H and O–H groups in total. The Bertz CT molecular complexity index is 428. The van der Waals surface area contributed by atoms with E-state index < -0.39 is 0 Å². The molecule has 3 rings (SSSR count). The molecule has 0 aliphatic heterocycles. The van der Waals surface area contributed by atoms with Crippen LogP contribution >= 0.6 is 11.8 Å². The van der Waals surface area contributed by atoms with E-state index in [1.165, 1.54) is 31.5 Å². The number of aromatic nitrogens is 3. The maximum absolute atomic E-state index is 9.02. The zero-order valence-electron chi connectivity index (χ0n) is 11.4. The molecule has 0 spiro atoms. The molecule has 0 amide bonds. The van der Waals surface area contributed by atoms with Gasteiger partial charge in [-0.15, -0.1) is 10.2 Å². The monoisotopic (exact) mass is 282 g/mol. The molecule has 5 nitrogen and oxygen atoms in total. The number of aliphatic hydroxyl groups is 1. The fourth-order valence-corrected chi connectivity index (χ4v) is 3.49. The average molecular weight is 282 g/mol. The van der Waals surface area contributed by atoms with E-state index in [-0.39, 0.29) is 6.61 Å². The lowest BCUT2D eigenvalue weighted by molar-refractivity contribution is 0.273. The predicted octanol–water partition coefficient (Wildman–Crippen LogP) is 1.55. The number of aliphatic hydroxyl groups excluding tert-OH is 1. The van der Waals surface area contributed by atoms with Crippen LogP contribution in [-0.2, 0) is 0 Å². The zero-order chi connectivity index (χ0) is 13.2. The van der Waals surface area contributed by atoms with Gasteiger partial charge in [0, 0.05) is 30.4 Å². The molecular weight excluding hydrogens is 260 g/mol. The Labute approximate surface area is 118 Å². The van der Waals surface area contributed by atoms with E-state index in [1.54, 1.807) is 11.8 Å². The van der Waals surface area contributed by atoms with E-state index in [2.05, 4.69) is 20.1 Å². The third kappa shape index (κ3) is 3.12. The molecule has 1 heterocycles. The second-order valence-electron chi connectivity index (χ2n) is 5.53. The molecule has 1 aromatic heterocycles. The van der Waals surface area contributed by atoms with Crippen LogP contribution in [0.1, 0.15) is 49.9 Å². The highest BCUT2D eigenvalue weighted by atomic mass is 32.2. The summed E-state index contributed by atoms with van der Waals surface area (Å²) in [6, 6.07) is 0.989. The van der Waals surface area contributed by atoms with Crippen molar-refractivity contribution in [1.29, 1.82) is 0 Å². The standard InChI is InChI=1S/C13H22N4OS/c1-14-10(6-7-18)8-19-13-16-15-12(9-2-3-9)17(13)11-4-5-11/h9-11,14,18H,2-8H2,1H3. The SMILES string of the molecule is CNC(CCO)CSc1nnc(C2CC2)n1C1CC1. The average Bonchev–Trinajstić information content (AvgIpc) is 3.33. The Morgan fingerprint density at radius 3 is 2.74 bits per heavy atom. The van der Waals surface area contributed by atoms with Crippen molar-refractivity contribution in [3.63, 3.8) is 0 Å². The van der Waals surface area contributed by atoms with Crippen molar-refractivity contribution in [3.8, 4) is 0 Å². The first-order valence-electron chi connectivity index (χ1n) is 7.19. The number of thioether (sulfide) groups is 1. The summed E-state index contributed by atoms with van der Waals surface area (Å²) in [5.74, 6) is 2.82. The molecule has 6 heteroatoms. The molecule has 0 bridgehead atoms. The van der Waals surface area contributed by atoms with E-state index in [1.807, 2.05) is 7.05 Å². The molecule has 2 saturated carbocycles. The second-order valence-corrected chi connectivity index (χ2v) is 6.51. The lowest BCUT2D eigenvalue weighted by atomic mass is 10.2. The van der Waals surface area contributed by atoms with Gasteiger partial charge in [0.15, 0.2) is 5.16 Å². The Morgan fingerprint density at radius 2 is 2.16 bits per heavy atom. The van der Waals surface area contributed by atoms with Crippen molar-refractivity contribution in [1.82, 2.24) is 20.1 Å². The van der Waals surface area contributed by atoms with Gasteiger partial charge in [-0.25, -0.2) is 0 Å². The molecular formula is C13H22N4OS. The van der Waals surface area contributed by atoms with Crippen LogP contribution in [0.4, 0.5) is 0 Å². The van der Waals surface area contributed by atoms with Gasteiger partial charge in [-0.3, -0.25) is 0 Å². The van der Waals surface area contributed by atoms with Gasteiger partial charge in [-0.2, -0.15) is 0 Å². The number of nitrogens with one attached hydrogen (secondary N) is 1. The van der Waals surface area contributed by atoms with Crippen LogP contribution < -0.4 is 5.32 Å². The quantitative estimate of drug-likeness (QED) is 0.708. The van der Waals surface area contributed by atoms with Crippen LogP contribution in [0.2, 0.25) is 0 Å². The van der Waals surface area contributed by atoms with E-state index >= 15 is 0 Å². The first-order valence-corrected chi connectivity index (χ1v) is 8.17. The summed E-state index contributed by atoms with van der Waals surface area (Å²) in [5.41, 5.74) is 0. The van der Waals surface area contributed by atoms with Crippen molar-refractivity contribution in [2.75, 3.05) is 19.4 Å². The lowest BCUT2D eigenvalue weighted by Gasteiger charge is -2.14. The van der Waals surface area contributed by atoms with E-state index in [4.69, 9.17) is 5.11 Å². The Kier molecular flexibility index (Phi) is 4.10. The number of hydrogen-bond donors (Lipinski definition) is 2. The van der Waals surface area contributed by atoms with Gasteiger partial charge in [-0.05, 0) is 39.2 Å². The minimum atomic E-state index is 0.231. The van der Waals surface area contributed by atoms with Gasteiger partial charge in [0.25, 0.3) is 0 Å². The molecule has 0 radical (unpaired) electrons. The van der Waals surface area contributed by atoms with Gasteiger partial charge in [0.05, 0.1) is 0 Å². The van der Waals surface area contributed by atoms with Gasteiger partial charge >= 0.3 is 0 Å². The lowest BCUT2D eigenvalue weighted by Crippen LogP contribution is -2.28. The Hall–Kier alpha value is -0.590. The molecule has 2 aliphatic rings. The first kappa shape index (κ1) is 13.4. The van der Waals surface area contributed by atoms with E-state index in [0.717, 1.165) is 17.3 Å². The number of rotatable bonds is 8. The fourth-order valence-electron chi connectivity index (χ4n) is 2.32. The summed E-state index contributed by atoms with van der Waals surface area (Å²) in [6.07, 6.45) is 5.89. The smallest absolute Gasteiger partial charge is 0.191 e. The summed E-state index contributed by atoms with van der Waals surface area (Å²) in [4.78, 5) is 0. The molecule has 106 valence electrons. The molecule has 0 aromatic carbocycles. The fraction of sp³-hybridized carbons (Fsp3) is 0.846. The van der Waals surface area contributed by atoms with Crippen LogP contribution in [-0.4, -0.2) is 45.3 Å². The summed E-state index contributed by atoms with van der Waals surface area (Å²) < 4.78 is 2.38. The normalized spacial score (nSPS) is 20.7. The number of hydrogen-bond acceptors (Lipinski definition) is 5. The van der Waals surface area contributed by atoms with Crippen LogP contribution in [0.5, 0.6) is 0 Å². The van der Waals surface area contributed by atoms with Gasteiger partial charge in [0.2, 0.25) is 0 Å². The van der Waals surface area contributed by atoms with Gasteiger partial charge in [0.1, 0.15) is 5.82 Å². The Balaban J connectivity index is 1.66. The van der Waals surface area contributed by atoms with Crippen molar-refractivity contribution in [2.45, 2.75) is 55.3 Å². The summed E-state index contributed by atoms with van der Waals surface area (Å²) in [5, 5.41) is 22.1.